The Morgan fingerprint density at radius 2 is 2.07 bits per heavy atom. The van der Waals surface area contributed by atoms with Gasteiger partial charge in [0.1, 0.15) is 5.75 Å². The van der Waals surface area contributed by atoms with Gasteiger partial charge in [0.05, 0.1) is 19.3 Å². The monoisotopic (exact) mass is 409 g/mol. The molecule has 1 fully saturated rings. The standard InChI is InChI=1S/C21H27NO3S.ClH/c1-3-14(2)13-25-16-8-6-15(7-9-16)19(12-23)22-21(24)18-11-17(18)20-5-4-10-26-20;/h4-10,14,17-19,23H,3,11-13H2,1-2H3,(H,22,24);1H/t14-,17-,18-,19-;/m0./s1. The summed E-state index contributed by atoms with van der Waals surface area (Å²) in [5.74, 6) is 1.73. The van der Waals surface area contributed by atoms with Gasteiger partial charge in [0.15, 0.2) is 0 Å². The molecule has 1 amide bonds. The van der Waals surface area contributed by atoms with E-state index >= 15 is 0 Å². The lowest BCUT2D eigenvalue weighted by atomic mass is 10.1. The van der Waals surface area contributed by atoms with Gasteiger partial charge in [-0.05, 0) is 41.5 Å². The molecule has 0 aliphatic heterocycles. The largest absolute Gasteiger partial charge is 0.493 e. The molecule has 2 aromatic rings. The zero-order chi connectivity index (χ0) is 18.5. The Kier molecular flexibility index (Phi) is 8.14. The van der Waals surface area contributed by atoms with E-state index in [0.29, 0.717) is 18.4 Å². The minimum Gasteiger partial charge on any atom is -0.493 e. The summed E-state index contributed by atoms with van der Waals surface area (Å²) in [5, 5.41) is 14.8. The molecule has 27 heavy (non-hydrogen) atoms. The Labute approximate surface area is 171 Å². The van der Waals surface area contributed by atoms with Crippen molar-refractivity contribution in [2.75, 3.05) is 13.2 Å². The number of nitrogens with one attached hydrogen (secondary N) is 1. The highest BCUT2D eigenvalue weighted by atomic mass is 35.5. The highest BCUT2D eigenvalue weighted by Gasteiger charge is 2.45. The third-order valence-electron chi connectivity index (χ3n) is 5.05. The lowest BCUT2D eigenvalue weighted by Crippen LogP contribution is -2.32. The molecule has 1 heterocycles. The van der Waals surface area contributed by atoms with E-state index in [4.69, 9.17) is 4.74 Å². The first-order chi connectivity index (χ1) is 12.6. The van der Waals surface area contributed by atoms with Crippen LogP contribution in [0.25, 0.3) is 0 Å². The van der Waals surface area contributed by atoms with Crippen LogP contribution in [0.4, 0.5) is 0 Å². The molecular formula is C21H28ClNO3S. The van der Waals surface area contributed by atoms with Crippen LogP contribution < -0.4 is 10.1 Å². The molecule has 0 radical (unpaired) electrons. The van der Waals surface area contributed by atoms with Crippen molar-refractivity contribution in [3.05, 3.63) is 52.2 Å². The zero-order valence-electron chi connectivity index (χ0n) is 15.8. The maximum absolute atomic E-state index is 12.5. The number of amides is 1. The lowest BCUT2D eigenvalue weighted by Gasteiger charge is -2.18. The number of halogens is 1. The molecule has 148 valence electrons. The SMILES string of the molecule is CC[C@H](C)COc1ccc([C@H](CO)NC(=O)[C@H]2C[C@@H]2c2cccs2)cc1.Cl. The quantitative estimate of drug-likeness (QED) is 0.638. The second kappa shape index (κ2) is 10.1. The Morgan fingerprint density at radius 3 is 2.67 bits per heavy atom. The number of carbonyl (C=O) groups excluding carboxylic acids is 1. The average Bonchev–Trinajstić information content (AvgIpc) is 3.29. The molecule has 0 saturated heterocycles. The second-order valence-electron chi connectivity index (χ2n) is 7.10. The Bertz CT molecular complexity index is 705. The number of rotatable bonds is 9. The van der Waals surface area contributed by atoms with Crippen molar-refractivity contribution in [1.82, 2.24) is 5.32 Å². The van der Waals surface area contributed by atoms with Gasteiger partial charge in [-0.3, -0.25) is 4.79 Å². The van der Waals surface area contributed by atoms with E-state index in [-0.39, 0.29) is 36.9 Å². The third kappa shape index (κ3) is 5.71. The lowest BCUT2D eigenvalue weighted by molar-refractivity contribution is -0.123. The molecule has 4 atom stereocenters. The first kappa shape index (κ1) is 21.7. The molecule has 1 aromatic carbocycles. The molecule has 2 N–H and O–H groups in total. The number of aliphatic hydroxyl groups excluding tert-OH is 1. The van der Waals surface area contributed by atoms with Crippen LogP contribution in [-0.2, 0) is 4.79 Å². The van der Waals surface area contributed by atoms with E-state index in [1.165, 1.54) is 4.88 Å². The highest BCUT2D eigenvalue weighted by Crippen LogP contribution is 2.49. The maximum Gasteiger partial charge on any atom is 0.224 e. The van der Waals surface area contributed by atoms with Crippen molar-refractivity contribution in [1.29, 1.82) is 0 Å². The number of ether oxygens (including phenoxy) is 1. The van der Waals surface area contributed by atoms with Crippen LogP contribution >= 0.6 is 23.7 Å². The van der Waals surface area contributed by atoms with Crippen molar-refractivity contribution in [3.8, 4) is 5.75 Å². The molecule has 6 heteroatoms. The first-order valence-corrected chi connectivity index (χ1v) is 10.2. The summed E-state index contributed by atoms with van der Waals surface area (Å²) >= 11 is 1.70. The van der Waals surface area contributed by atoms with E-state index in [9.17, 15) is 9.90 Å². The van der Waals surface area contributed by atoms with E-state index in [2.05, 4.69) is 25.2 Å². The van der Waals surface area contributed by atoms with Crippen LogP contribution in [0.3, 0.4) is 0 Å². The van der Waals surface area contributed by atoms with Crippen molar-refractivity contribution < 1.29 is 14.6 Å². The molecule has 0 unspecified atom stereocenters. The molecule has 4 nitrogen and oxygen atoms in total. The van der Waals surface area contributed by atoms with E-state index in [1.807, 2.05) is 35.7 Å². The fourth-order valence-corrected chi connectivity index (χ4v) is 3.87. The van der Waals surface area contributed by atoms with Crippen LogP contribution in [0.1, 0.15) is 49.1 Å². The van der Waals surface area contributed by atoms with Crippen LogP contribution in [0, 0.1) is 11.8 Å². The number of aliphatic hydroxyl groups is 1. The fourth-order valence-electron chi connectivity index (χ4n) is 2.97. The molecule has 1 saturated carbocycles. The van der Waals surface area contributed by atoms with Gasteiger partial charge >= 0.3 is 0 Å². The van der Waals surface area contributed by atoms with Gasteiger partial charge in [0.25, 0.3) is 0 Å². The van der Waals surface area contributed by atoms with Crippen LogP contribution in [0.2, 0.25) is 0 Å². The minimum absolute atomic E-state index is 0. The van der Waals surface area contributed by atoms with Crippen molar-refractivity contribution in [2.24, 2.45) is 11.8 Å². The summed E-state index contributed by atoms with van der Waals surface area (Å²) in [4.78, 5) is 13.8. The summed E-state index contributed by atoms with van der Waals surface area (Å²) in [5.41, 5.74) is 0.894. The summed E-state index contributed by atoms with van der Waals surface area (Å²) in [6, 6.07) is 11.4. The number of hydrogen-bond acceptors (Lipinski definition) is 4. The molecule has 1 aliphatic rings. The van der Waals surface area contributed by atoms with E-state index in [1.54, 1.807) is 11.3 Å². The molecule has 0 spiro atoms. The summed E-state index contributed by atoms with van der Waals surface area (Å²) in [6.07, 6.45) is 1.98. The number of thiophene rings is 1. The van der Waals surface area contributed by atoms with Gasteiger partial charge in [-0.2, -0.15) is 0 Å². The Hall–Kier alpha value is -1.56. The van der Waals surface area contributed by atoms with Crippen molar-refractivity contribution >= 4 is 29.7 Å². The van der Waals surface area contributed by atoms with Crippen LogP contribution in [0.15, 0.2) is 41.8 Å². The molecule has 1 aliphatic carbocycles. The summed E-state index contributed by atoms with van der Waals surface area (Å²) < 4.78 is 5.76. The normalized spacial score (nSPS) is 20.3. The van der Waals surface area contributed by atoms with Gasteiger partial charge < -0.3 is 15.2 Å². The highest BCUT2D eigenvalue weighted by molar-refractivity contribution is 7.10. The van der Waals surface area contributed by atoms with Crippen LogP contribution in [0.5, 0.6) is 5.75 Å². The van der Waals surface area contributed by atoms with Crippen molar-refractivity contribution in [3.63, 3.8) is 0 Å². The van der Waals surface area contributed by atoms with Crippen LogP contribution in [-0.4, -0.2) is 24.2 Å². The smallest absolute Gasteiger partial charge is 0.224 e. The van der Waals surface area contributed by atoms with Crippen molar-refractivity contribution in [2.45, 2.75) is 38.6 Å². The first-order valence-electron chi connectivity index (χ1n) is 9.29. The van der Waals surface area contributed by atoms with Gasteiger partial charge in [-0.1, -0.05) is 38.5 Å². The molecule has 1 aromatic heterocycles. The van der Waals surface area contributed by atoms with Gasteiger partial charge in [-0.15, -0.1) is 23.7 Å². The number of benzene rings is 1. The summed E-state index contributed by atoms with van der Waals surface area (Å²) in [6.45, 7) is 4.89. The molecular weight excluding hydrogens is 382 g/mol. The fraction of sp³-hybridized carbons (Fsp3) is 0.476. The topological polar surface area (TPSA) is 58.6 Å². The number of hydrogen-bond donors (Lipinski definition) is 2. The van der Waals surface area contributed by atoms with E-state index in [0.717, 1.165) is 24.2 Å². The van der Waals surface area contributed by atoms with Gasteiger partial charge in [0.2, 0.25) is 5.91 Å². The predicted molar refractivity (Wildman–Crippen MR) is 112 cm³/mol. The zero-order valence-corrected chi connectivity index (χ0v) is 17.4. The third-order valence-corrected chi connectivity index (χ3v) is 6.05. The Morgan fingerprint density at radius 1 is 1.33 bits per heavy atom. The predicted octanol–water partition coefficient (Wildman–Crippen LogP) is 4.55. The Balaban J connectivity index is 0.00000261. The maximum atomic E-state index is 12.5. The van der Waals surface area contributed by atoms with Gasteiger partial charge in [-0.25, -0.2) is 0 Å². The average molecular weight is 410 g/mol. The molecule has 0 bridgehead atoms. The number of carbonyl (C=O) groups is 1. The minimum atomic E-state index is -0.379. The molecule has 3 rings (SSSR count). The second-order valence-corrected chi connectivity index (χ2v) is 8.08. The van der Waals surface area contributed by atoms with Gasteiger partial charge in [0, 0.05) is 16.7 Å². The van der Waals surface area contributed by atoms with E-state index < -0.39 is 0 Å². The summed E-state index contributed by atoms with van der Waals surface area (Å²) in [7, 11) is 0.